The Morgan fingerprint density at radius 2 is 1.84 bits per heavy atom. The van der Waals surface area contributed by atoms with Gasteiger partial charge >= 0.3 is 5.97 Å². The number of carboxylic acids is 1. The number of carbonyl (C=O) groups is 5. The summed E-state index contributed by atoms with van der Waals surface area (Å²) in [6, 6.07) is -3.99. The second-order valence-corrected chi connectivity index (χ2v) is 8.11. The van der Waals surface area contributed by atoms with Gasteiger partial charge in [-0.05, 0) is 25.2 Å². The van der Waals surface area contributed by atoms with Gasteiger partial charge in [0.2, 0.25) is 23.6 Å². The highest BCUT2D eigenvalue weighted by Gasteiger charge is 2.38. The molecule has 12 heteroatoms. The SMILES string of the molecule is CCC(C)C(N)C(=O)N1CCCC1C(=O)NC(CCC(N)=O)C(=O)NC(CS)C(=O)O. The maximum absolute atomic E-state index is 12.9. The molecular formula is C19H33N5O6S. The fraction of sp³-hybridized carbons (Fsp3) is 0.737. The Balaban J connectivity index is 2.93. The van der Waals surface area contributed by atoms with Gasteiger partial charge in [0.1, 0.15) is 18.1 Å². The molecule has 0 spiro atoms. The van der Waals surface area contributed by atoms with Crippen molar-refractivity contribution >= 4 is 42.2 Å². The van der Waals surface area contributed by atoms with Gasteiger partial charge in [0.15, 0.2) is 0 Å². The van der Waals surface area contributed by atoms with Gasteiger partial charge in [-0.1, -0.05) is 20.3 Å². The number of thiol groups is 1. The topological polar surface area (TPSA) is 185 Å². The lowest BCUT2D eigenvalue weighted by atomic mass is 9.98. The molecule has 1 aliphatic heterocycles. The van der Waals surface area contributed by atoms with E-state index in [1.54, 1.807) is 0 Å². The molecule has 0 aliphatic carbocycles. The summed E-state index contributed by atoms with van der Waals surface area (Å²) in [6.07, 6.45) is 1.42. The van der Waals surface area contributed by atoms with Gasteiger partial charge in [0, 0.05) is 18.7 Å². The number of carboxylic acid groups (broad SMARTS) is 1. The third-order valence-electron chi connectivity index (χ3n) is 5.49. The second kappa shape index (κ2) is 12.5. The summed E-state index contributed by atoms with van der Waals surface area (Å²) in [5, 5.41) is 13.9. The Morgan fingerprint density at radius 1 is 1.19 bits per heavy atom. The highest BCUT2D eigenvalue weighted by molar-refractivity contribution is 7.80. The molecule has 5 atom stereocenters. The summed E-state index contributed by atoms with van der Waals surface area (Å²) < 4.78 is 0. The van der Waals surface area contributed by atoms with Crippen molar-refractivity contribution in [3.63, 3.8) is 0 Å². The van der Waals surface area contributed by atoms with Crippen molar-refractivity contribution in [3.05, 3.63) is 0 Å². The number of rotatable bonds is 12. The number of likely N-dealkylation sites (tertiary alicyclic amines) is 1. The lowest BCUT2D eigenvalue weighted by Gasteiger charge is -2.30. The zero-order valence-electron chi connectivity index (χ0n) is 17.9. The van der Waals surface area contributed by atoms with Crippen LogP contribution in [0.2, 0.25) is 0 Å². The average molecular weight is 460 g/mol. The third kappa shape index (κ3) is 7.69. The Hall–Kier alpha value is -2.34. The second-order valence-electron chi connectivity index (χ2n) is 7.75. The summed E-state index contributed by atoms with van der Waals surface area (Å²) in [6.45, 7) is 4.15. The van der Waals surface area contributed by atoms with E-state index >= 15 is 0 Å². The molecule has 1 saturated heterocycles. The number of aliphatic carboxylic acids is 1. The van der Waals surface area contributed by atoms with Gasteiger partial charge in [0.25, 0.3) is 0 Å². The van der Waals surface area contributed by atoms with Crippen LogP contribution < -0.4 is 22.1 Å². The zero-order chi connectivity index (χ0) is 23.7. The van der Waals surface area contributed by atoms with Crippen LogP contribution in [0.15, 0.2) is 0 Å². The maximum atomic E-state index is 12.9. The molecule has 0 bridgehead atoms. The molecule has 1 heterocycles. The lowest BCUT2D eigenvalue weighted by molar-refractivity contribution is -0.143. The van der Waals surface area contributed by atoms with Crippen LogP contribution in [0.3, 0.4) is 0 Å². The van der Waals surface area contributed by atoms with Crippen LogP contribution in [0.1, 0.15) is 46.0 Å². The maximum Gasteiger partial charge on any atom is 0.327 e. The number of hydrogen-bond acceptors (Lipinski definition) is 7. The molecule has 31 heavy (non-hydrogen) atoms. The minimum atomic E-state index is -1.28. The van der Waals surface area contributed by atoms with Crippen LogP contribution in [0.25, 0.3) is 0 Å². The summed E-state index contributed by atoms with van der Waals surface area (Å²) in [4.78, 5) is 62.0. The fourth-order valence-electron chi connectivity index (χ4n) is 3.27. The fourth-order valence-corrected chi connectivity index (χ4v) is 3.52. The van der Waals surface area contributed by atoms with E-state index in [0.717, 1.165) is 0 Å². The summed E-state index contributed by atoms with van der Waals surface area (Å²) in [5.74, 6) is -3.84. The minimum Gasteiger partial charge on any atom is -0.480 e. The van der Waals surface area contributed by atoms with Crippen molar-refractivity contribution < 1.29 is 29.1 Å². The van der Waals surface area contributed by atoms with E-state index in [0.29, 0.717) is 25.8 Å². The molecule has 1 fully saturated rings. The number of primary amides is 1. The Kier molecular flexibility index (Phi) is 10.8. The average Bonchev–Trinajstić information content (AvgIpc) is 3.22. The van der Waals surface area contributed by atoms with Gasteiger partial charge in [-0.25, -0.2) is 4.79 Å². The molecule has 0 saturated carbocycles. The van der Waals surface area contributed by atoms with Crippen LogP contribution in [0, 0.1) is 5.92 Å². The standard InChI is InChI=1S/C19H33N5O6S/c1-3-10(2)15(21)18(28)24-8-4-5-13(24)17(27)22-11(6-7-14(20)25)16(26)23-12(9-31)19(29)30/h10-13,15,31H,3-9,21H2,1-2H3,(H2,20,25)(H,22,27)(H,23,26)(H,29,30). The van der Waals surface area contributed by atoms with Gasteiger partial charge in [-0.3, -0.25) is 19.2 Å². The van der Waals surface area contributed by atoms with Crippen molar-refractivity contribution in [2.24, 2.45) is 17.4 Å². The molecule has 1 rings (SSSR count). The lowest BCUT2D eigenvalue weighted by Crippen LogP contribution is -2.57. The number of nitrogens with one attached hydrogen (secondary N) is 2. The van der Waals surface area contributed by atoms with Crippen molar-refractivity contribution in [1.29, 1.82) is 0 Å². The Labute approximate surface area is 187 Å². The molecule has 11 nitrogen and oxygen atoms in total. The summed E-state index contributed by atoms with van der Waals surface area (Å²) in [7, 11) is 0. The van der Waals surface area contributed by atoms with Crippen molar-refractivity contribution in [1.82, 2.24) is 15.5 Å². The van der Waals surface area contributed by atoms with Crippen LogP contribution in [-0.4, -0.2) is 76.1 Å². The normalized spacial score (nSPS) is 19.7. The van der Waals surface area contributed by atoms with Gasteiger partial charge < -0.3 is 32.1 Å². The van der Waals surface area contributed by atoms with Crippen LogP contribution in [0.5, 0.6) is 0 Å². The number of nitrogens with zero attached hydrogens (tertiary/aromatic N) is 1. The summed E-state index contributed by atoms with van der Waals surface area (Å²) in [5.41, 5.74) is 11.2. The predicted molar refractivity (Wildman–Crippen MR) is 116 cm³/mol. The Morgan fingerprint density at radius 3 is 2.35 bits per heavy atom. The first-order valence-corrected chi connectivity index (χ1v) is 10.9. The predicted octanol–water partition coefficient (Wildman–Crippen LogP) is -1.40. The molecule has 4 amide bonds. The molecule has 7 N–H and O–H groups in total. The third-order valence-corrected chi connectivity index (χ3v) is 5.86. The number of nitrogens with two attached hydrogens (primary N) is 2. The van der Waals surface area contributed by atoms with E-state index in [1.807, 2.05) is 13.8 Å². The first kappa shape index (κ1) is 26.7. The summed E-state index contributed by atoms with van der Waals surface area (Å²) >= 11 is 3.89. The van der Waals surface area contributed by atoms with E-state index in [1.165, 1.54) is 4.90 Å². The molecule has 0 radical (unpaired) electrons. The zero-order valence-corrected chi connectivity index (χ0v) is 18.8. The Bertz CT molecular complexity index is 691. The molecule has 5 unspecified atom stereocenters. The van der Waals surface area contributed by atoms with E-state index in [9.17, 15) is 24.0 Å². The van der Waals surface area contributed by atoms with Crippen LogP contribution in [-0.2, 0) is 24.0 Å². The monoisotopic (exact) mass is 459 g/mol. The van der Waals surface area contributed by atoms with E-state index < -0.39 is 47.9 Å². The smallest absolute Gasteiger partial charge is 0.327 e. The van der Waals surface area contributed by atoms with E-state index in [-0.39, 0.29) is 30.4 Å². The van der Waals surface area contributed by atoms with E-state index in [4.69, 9.17) is 16.6 Å². The largest absolute Gasteiger partial charge is 0.480 e. The molecular weight excluding hydrogens is 426 g/mol. The number of amides is 4. The van der Waals surface area contributed by atoms with E-state index in [2.05, 4.69) is 23.3 Å². The van der Waals surface area contributed by atoms with Crippen molar-refractivity contribution in [2.75, 3.05) is 12.3 Å². The first-order valence-electron chi connectivity index (χ1n) is 10.3. The molecule has 0 aromatic rings. The quantitative estimate of drug-likeness (QED) is 0.194. The van der Waals surface area contributed by atoms with Crippen LogP contribution >= 0.6 is 12.6 Å². The molecule has 1 aliphatic rings. The van der Waals surface area contributed by atoms with Crippen molar-refractivity contribution in [3.8, 4) is 0 Å². The molecule has 0 aromatic heterocycles. The molecule has 176 valence electrons. The first-order chi connectivity index (χ1) is 14.5. The highest BCUT2D eigenvalue weighted by atomic mass is 32.1. The van der Waals surface area contributed by atoms with Gasteiger partial charge in [0.05, 0.1) is 6.04 Å². The van der Waals surface area contributed by atoms with Crippen molar-refractivity contribution in [2.45, 2.75) is 70.1 Å². The molecule has 0 aromatic carbocycles. The highest BCUT2D eigenvalue weighted by Crippen LogP contribution is 2.21. The number of carbonyl (C=O) groups excluding carboxylic acids is 4. The number of hydrogen-bond donors (Lipinski definition) is 6. The minimum absolute atomic E-state index is 0.0555. The van der Waals surface area contributed by atoms with Gasteiger partial charge in [-0.15, -0.1) is 0 Å². The van der Waals surface area contributed by atoms with Crippen LogP contribution in [0.4, 0.5) is 0 Å². The van der Waals surface area contributed by atoms with Gasteiger partial charge in [-0.2, -0.15) is 12.6 Å².